The third-order valence-electron chi connectivity index (χ3n) is 2.77. The van der Waals surface area contributed by atoms with E-state index < -0.39 is 0 Å². The summed E-state index contributed by atoms with van der Waals surface area (Å²) in [5.74, 6) is 1.44. The van der Waals surface area contributed by atoms with E-state index in [2.05, 4.69) is 5.32 Å². The number of amides is 1. The van der Waals surface area contributed by atoms with Crippen LogP contribution in [-0.2, 0) is 9.53 Å². The molecule has 19 heavy (non-hydrogen) atoms. The number of para-hydroxylation sites is 2. The van der Waals surface area contributed by atoms with E-state index >= 15 is 0 Å². The third kappa shape index (κ3) is 4.13. The van der Waals surface area contributed by atoms with Crippen LogP contribution in [0.1, 0.15) is 13.3 Å². The van der Waals surface area contributed by atoms with E-state index in [0.29, 0.717) is 32.8 Å². The standard InChI is InChI=1S/C14H19NO4/c1-2-17-8-7-14(16)15-9-11-10-18-12-5-3-4-6-13(12)19-11/h3-6,11H,2,7-10H2,1H3,(H,15,16). The minimum absolute atomic E-state index is 0.0316. The van der Waals surface area contributed by atoms with Gasteiger partial charge in [0.2, 0.25) is 5.91 Å². The number of hydrogen-bond acceptors (Lipinski definition) is 4. The maximum absolute atomic E-state index is 11.5. The number of rotatable bonds is 6. The van der Waals surface area contributed by atoms with Gasteiger partial charge in [0, 0.05) is 13.0 Å². The van der Waals surface area contributed by atoms with Gasteiger partial charge >= 0.3 is 0 Å². The van der Waals surface area contributed by atoms with Crippen molar-refractivity contribution in [2.24, 2.45) is 0 Å². The minimum atomic E-state index is -0.147. The minimum Gasteiger partial charge on any atom is -0.486 e. The molecule has 1 amide bonds. The predicted octanol–water partition coefficient (Wildman–Crippen LogP) is 1.37. The van der Waals surface area contributed by atoms with Gasteiger partial charge < -0.3 is 19.5 Å². The van der Waals surface area contributed by atoms with Gasteiger partial charge in [-0.3, -0.25) is 4.79 Å². The fourth-order valence-corrected chi connectivity index (χ4v) is 1.79. The summed E-state index contributed by atoms with van der Waals surface area (Å²) in [6.45, 7) is 3.88. The Kier molecular flexibility index (Phi) is 5.03. The summed E-state index contributed by atoms with van der Waals surface area (Å²) >= 11 is 0. The highest BCUT2D eigenvalue weighted by Crippen LogP contribution is 2.30. The molecule has 0 fully saturated rings. The van der Waals surface area contributed by atoms with Crippen molar-refractivity contribution in [2.75, 3.05) is 26.4 Å². The molecule has 1 aromatic rings. The molecule has 0 saturated heterocycles. The van der Waals surface area contributed by atoms with Crippen molar-refractivity contribution < 1.29 is 19.0 Å². The average molecular weight is 265 g/mol. The molecule has 104 valence electrons. The summed E-state index contributed by atoms with van der Waals surface area (Å²) in [5, 5.41) is 2.82. The van der Waals surface area contributed by atoms with Gasteiger partial charge in [-0.05, 0) is 19.1 Å². The summed E-state index contributed by atoms with van der Waals surface area (Å²) in [6.07, 6.45) is 0.226. The summed E-state index contributed by atoms with van der Waals surface area (Å²) in [5.41, 5.74) is 0. The number of carbonyl (C=O) groups excluding carboxylic acids is 1. The highest BCUT2D eigenvalue weighted by Gasteiger charge is 2.20. The van der Waals surface area contributed by atoms with Gasteiger partial charge in [-0.1, -0.05) is 12.1 Å². The molecule has 0 spiro atoms. The van der Waals surface area contributed by atoms with Crippen molar-refractivity contribution in [3.8, 4) is 11.5 Å². The number of fused-ring (bicyclic) bond motifs is 1. The zero-order valence-corrected chi connectivity index (χ0v) is 11.1. The van der Waals surface area contributed by atoms with Crippen molar-refractivity contribution in [2.45, 2.75) is 19.4 Å². The van der Waals surface area contributed by atoms with E-state index in [1.807, 2.05) is 31.2 Å². The largest absolute Gasteiger partial charge is 0.486 e. The Morgan fingerprint density at radius 2 is 2.21 bits per heavy atom. The Morgan fingerprint density at radius 3 is 3.00 bits per heavy atom. The maximum atomic E-state index is 11.5. The van der Waals surface area contributed by atoms with Crippen LogP contribution in [0.15, 0.2) is 24.3 Å². The van der Waals surface area contributed by atoms with Crippen molar-refractivity contribution in [1.29, 1.82) is 0 Å². The van der Waals surface area contributed by atoms with Crippen LogP contribution in [0.25, 0.3) is 0 Å². The number of carbonyl (C=O) groups is 1. The Bertz CT molecular complexity index is 422. The second kappa shape index (κ2) is 6.99. The second-order valence-corrected chi connectivity index (χ2v) is 4.25. The van der Waals surface area contributed by atoms with E-state index in [0.717, 1.165) is 11.5 Å². The topological polar surface area (TPSA) is 56.8 Å². The van der Waals surface area contributed by atoms with Crippen molar-refractivity contribution in [3.63, 3.8) is 0 Å². The zero-order valence-electron chi connectivity index (χ0n) is 11.1. The molecule has 5 nitrogen and oxygen atoms in total. The van der Waals surface area contributed by atoms with Gasteiger partial charge in [0.15, 0.2) is 11.5 Å². The van der Waals surface area contributed by atoms with E-state index in [4.69, 9.17) is 14.2 Å². The normalized spacial score (nSPS) is 17.0. The van der Waals surface area contributed by atoms with Gasteiger partial charge in [-0.2, -0.15) is 0 Å². The molecule has 1 aliphatic heterocycles. The lowest BCUT2D eigenvalue weighted by molar-refractivity contribution is -0.122. The van der Waals surface area contributed by atoms with Crippen LogP contribution in [0.5, 0.6) is 11.5 Å². The van der Waals surface area contributed by atoms with Crippen LogP contribution in [0, 0.1) is 0 Å². The number of ether oxygens (including phenoxy) is 3. The van der Waals surface area contributed by atoms with Gasteiger partial charge in [-0.15, -0.1) is 0 Å². The van der Waals surface area contributed by atoms with Gasteiger partial charge in [-0.25, -0.2) is 0 Å². The molecule has 1 atom stereocenters. The van der Waals surface area contributed by atoms with Gasteiger partial charge in [0.05, 0.1) is 13.2 Å². The molecule has 1 aliphatic rings. The number of hydrogen-bond donors (Lipinski definition) is 1. The highest BCUT2D eigenvalue weighted by atomic mass is 16.6. The lowest BCUT2D eigenvalue weighted by Gasteiger charge is -2.26. The molecule has 0 aliphatic carbocycles. The third-order valence-corrected chi connectivity index (χ3v) is 2.77. The zero-order chi connectivity index (χ0) is 13.5. The molecule has 0 saturated carbocycles. The molecular weight excluding hydrogens is 246 g/mol. The predicted molar refractivity (Wildman–Crippen MR) is 70.5 cm³/mol. The molecule has 0 aromatic heterocycles. The first-order chi connectivity index (χ1) is 9.29. The molecule has 2 rings (SSSR count). The molecule has 5 heteroatoms. The molecule has 0 bridgehead atoms. The molecule has 1 unspecified atom stereocenters. The van der Waals surface area contributed by atoms with Gasteiger partial charge in [0.1, 0.15) is 12.7 Å². The lowest BCUT2D eigenvalue weighted by atomic mass is 10.2. The Morgan fingerprint density at radius 1 is 1.42 bits per heavy atom. The first-order valence-corrected chi connectivity index (χ1v) is 6.52. The monoisotopic (exact) mass is 265 g/mol. The quantitative estimate of drug-likeness (QED) is 0.789. The summed E-state index contributed by atoms with van der Waals surface area (Å²) < 4.78 is 16.4. The van der Waals surface area contributed by atoms with Crippen LogP contribution in [0.3, 0.4) is 0 Å². The smallest absolute Gasteiger partial charge is 0.222 e. The van der Waals surface area contributed by atoms with Crippen molar-refractivity contribution in [1.82, 2.24) is 5.32 Å². The van der Waals surface area contributed by atoms with E-state index in [1.165, 1.54) is 0 Å². The first-order valence-electron chi connectivity index (χ1n) is 6.52. The Balaban J connectivity index is 1.72. The van der Waals surface area contributed by atoms with Crippen molar-refractivity contribution in [3.05, 3.63) is 24.3 Å². The molecule has 0 radical (unpaired) electrons. The molecular formula is C14H19NO4. The molecule has 1 heterocycles. The van der Waals surface area contributed by atoms with Crippen LogP contribution >= 0.6 is 0 Å². The van der Waals surface area contributed by atoms with Gasteiger partial charge in [0.25, 0.3) is 0 Å². The van der Waals surface area contributed by atoms with Crippen LogP contribution < -0.4 is 14.8 Å². The maximum Gasteiger partial charge on any atom is 0.222 e. The highest BCUT2D eigenvalue weighted by molar-refractivity contribution is 5.75. The lowest BCUT2D eigenvalue weighted by Crippen LogP contribution is -2.40. The number of nitrogens with one attached hydrogen (secondary N) is 1. The summed E-state index contributed by atoms with van der Waals surface area (Å²) in [4.78, 5) is 11.5. The SMILES string of the molecule is CCOCCC(=O)NCC1COc2ccccc2O1. The molecule has 1 N–H and O–H groups in total. The van der Waals surface area contributed by atoms with E-state index in [9.17, 15) is 4.79 Å². The summed E-state index contributed by atoms with van der Waals surface area (Å²) in [6, 6.07) is 7.52. The van der Waals surface area contributed by atoms with Crippen LogP contribution in [0.2, 0.25) is 0 Å². The molecule has 1 aromatic carbocycles. The second-order valence-electron chi connectivity index (χ2n) is 4.25. The van der Waals surface area contributed by atoms with E-state index in [1.54, 1.807) is 0 Å². The van der Waals surface area contributed by atoms with Crippen LogP contribution in [0.4, 0.5) is 0 Å². The van der Waals surface area contributed by atoms with Crippen LogP contribution in [-0.4, -0.2) is 38.4 Å². The Hall–Kier alpha value is -1.75. The van der Waals surface area contributed by atoms with E-state index in [-0.39, 0.29) is 12.0 Å². The average Bonchev–Trinajstić information content (AvgIpc) is 2.45. The fraction of sp³-hybridized carbons (Fsp3) is 0.500. The first kappa shape index (κ1) is 13.7. The Labute approximate surface area is 112 Å². The fourth-order valence-electron chi connectivity index (χ4n) is 1.79. The van der Waals surface area contributed by atoms with Crippen molar-refractivity contribution >= 4 is 5.91 Å². The number of benzene rings is 1. The summed E-state index contributed by atoms with van der Waals surface area (Å²) in [7, 11) is 0.